The number of sulfonamides is 1. The summed E-state index contributed by atoms with van der Waals surface area (Å²) in [7, 11) is -2.27. The monoisotopic (exact) mass is 480 g/mol. The average Bonchev–Trinajstić information content (AvgIpc) is 3.16. The summed E-state index contributed by atoms with van der Waals surface area (Å²) in [4.78, 5) is 13.3. The van der Waals surface area contributed by atoms with Crippen molar-refractivity contribution in [1.29, 1.82) is 0 Å². The SMILES string of the molecule is COc1ccc(S(=O)(=O)N2CCCCCC2)cc1C(=O)Nc1ccccc1Oc1ccccc1. The average molecular weight is 481 g/mol. The molecule has 0 atom stereocenters. The van der Waals surface area contributed by atoms with Gasteiger partial charge in [-0.3, -0.25) is 4.79 Å². The van der Waals surface area contributed by atoms with Gasteiger partial charge in [0.2, 0.25) is 10.0 Å². The van der Waals surface area contributed by atoms with Crippen LogP contribution in [0.25, 0.3) is 0 Å². The summed E-state index contributed by atoms with van der Waals surface area (Å²) in [6.07, 6.45) is 3.71. The molecule has 1 N–H and O–H groups in total. The minimum absolute atomic E-state index is 0.0779. The molecule has 0 radical (unpaired) electrons. The fourth-order valence-corrected chi connectivity index (χ4v) is 5.46. The third-order valence-corrected chi connectivity index (χ3v) is 7.62. The third kappa shape index (κ3) is 5.40. The Labute approximate surface area is 200 Å². The zero-order valence-electron chi connectivity index (χ0n) is 19.1. The lowest BCUT2D eigenvalue weighted by Gasteiger charge is -2.21. The predicted octanol–water partition coefficient (Wildman–Crippen LogP) is 5.30. The van der Waals surface area contributed by atoms with Crippen molar-refractivity contribution < 1.29 is 22.7 Å². The number of carbonyl (C=O) groups is 1. The molecule has 1 saturated heterocycles. The number of rotatable bonds is 7. The molecule has 0 aliphatic carbocycles. The van der Waals surface area contributed by atoms with Crippen molar-refractivity contribution in [1.82, 2.24) is 4.31 Å². The van der Waals surface area contributed by atoms with E-state index in [-0.39, 0.29) is 16.2 Å². The van der Waals surface area contributed by atoms with Gasteiger partial charge < -0.3 is 14.8 Å². The summed E-state index contributed by atoms with van der Waals surface area (Å²) in [6.45, 7) is 0.972. The van der Waals surface area contributed by atoms with Gasteiger partial charge in [-0.25, -0.2) is 8.42 Å². The van der Waals surface area contributed by atoms with E-state index in [2.05, 4.69) is 5.32 Å². The standard InChI is InChI=1S/C26H28N2O5S/c1-32-24-16-15-21(34(30,31)28-17-9-2-3-10-18-28)19-22(24)26(29)27-23-13-7-8-14-25(23)33-20-11-5-4-6-12-20/h4-8,11-16,19H,2-3,9-10,17-18H2,1H3,(H,27,29). The topological polar surface area (TPSA) is 84.9 Å². The van der Waals surface area contributed by atoms with E-state index in [1.54, 1.807) is 18.2 Å². The Morgan fingerprint density at radius 1 is 0.853 bits per heavy atom. The Kier molecular flexibility index (Phi) is 7.49. The van der Waals surface area contributed by atoms with Crippen molar-refractivity contribution in [2.75, 3.05) is 25.5 Å². The van der Waals surface area contributed by atoms with Crippen LogP contribution in [0.1, 0.15) is 36.0 Å². The quantitative estimate of drug-likeness (QED) is 0.496. The van der Waals surface area contributed by atoms with Crippen LogP contribution in [-0.2, 0) is 10.0 Å². The van der Waals surface area contributed by atoms with Crippen molar-refractivity contribution in [2.45, 2.75) is 30.6 Å². The van der Waals surface area contributed by atoms with Crippen LogP contribution in [0.5, 0.6) is 17.2 Å². The van der Waals surface area contributed by atoms with E-state index in [0.717, 1.165) is 25.7 Å². The predicted molar refractivity (Wildman–Crippen MR) is 131 cm³/mol. The Morgan fingerprint density at radius 3 is 2.24 bits per heavy atom. The lowest BCUT2D eigenvalue weighted by atomic mass is 10.1. The zero-order chi connectivity index (χ0) is 24.0. The van der Waals surface area contributed by atoms with Crippen LogP contribution in [-0.4, -0.2) is 38.8 Å². The Morgan fingerprint density at radius 2 is 1.53 bits per heavy atom. The highest BCUT2D eigenvalue weighted by atomic mass is 32.2. The van der Waals surface area contributed by atoms with E-state index >= 15 is 0 Å². The molecule has 1 aliphatic heterocycles. The van der Waals surface area contributed by atoms with Gasteiger partial charge in [0, 0.05) is 13.1 Å². The first-order chi connectivity index (χ1) is 16.5. The van der Waals surface area contributed by atoms with Gasteiger partial charge in [-0.15, -0.1) is 0 Å². The number of hydrogen-bond acceptors (Lipinski definition) is 5. The number of benzene rings is 3. The molecule has 7 nitrogen and oxygen atoms in total. The molecular formula is C26H28N2O5S. The fraction of sp³-hybridized carbons (Fsp3) is 0.269. The van der Waals surface area contributed by atoms with Gasteiger partial charge in [-0.1, -0.05) is 43.2 Å². The second kappa shape index (κ2) is 10.7. The molecule has 1 fully saturated rings. The van der Waals surface area contributed by atoms with Gasteiger partial charge in [-0.05, 0) is 55.3 Å². The maximum absolute atomic E-state index is 13.3. The van der Waals surface area contributed by atoms with E-state index in [0.29, 0.717) is 30.3 Å². The third-order valence-electron chi connectivity index (χ3n) is 5.72. The first-order valence-electron chi connectivity index (χ1n) is 11.3. The summed E-state index contributed by atoms with van der Waals surface area (Å²) in [5, 5.41) is 2.84. The Balaban J connectivity index is 1.61. The van der Waals surface area contributed by atoms with E-state index in [1.807, 2.05) is 36.4 Å². The number of hydrogen-bond donors (Lipinski definition) is 1. The Hall–Kier alpha value is -3.36. The van der Waals surface area contributed by atoms with E-state index in [4.69, 9.17) is 9.47 Å². The molecule has 1 amide bonds. The molecular weight excluding hydrogens is 452 g/mol. The largest absolute Gasteiger partial charge is 0.496 e. The summed E-state index contributed by atoms with van der Waals surface area (Å²) >= 11 is 0. The molecule has 34 heavy (non-hydrogen) atoms. The number of anilines is 1. The number of ether oxygens (including phenoxy) is 2. The highest BCUT2D eigenvalue weighted by molar-refractivity contribution is 7.89. The summed E-state index contributed by atoms with van der Waals surface area (Å²) in [5.41, 5.74) is 0.590. The number of para-hydroxylation sites is 3. The summed E-state index contributed by atoms with van der Waals surface area (Å²) < 4.78 is 39.3. The van der Waals surface area contributed by atoms with Crippen molar-refractivity contribution in [3.05, 3.63) is 78.4 Å². The van der Waals surface area contributed by atoms with Gasteiger partial charge >= 0.3 is 0 Å². The van der Waals surface area contributed by atoms with Crippen LogP contribution in [0.15, 0.2) is 77.7 Å². The molecule has 8 heteroatoms. The molecule has 0 unspecified atom stereocenters. The summed E-state index contributed by atoms with van der Waals surface area (Å²) in [6, 6.07) is 20.7. The number of nitrogens with one attached hydrogen (secondary N) is 1. The van der Waals surface area contributed by atoms with Crippen molar-refractivity contribution >= 4 is 21.6 Å². The summed E-state index contributed by atoms with van der Waals surface area (Å²) in [5.74, 6) is 0.893. The first-order valence-corrected chi connectivity index (χ1v) is 12.7. The molecule has 0 spiro atoms. The van der Waals surface area contributed by atoms with E-state index < -0.39 is 15.9 Å². The smallest absolute Gasteiger partial charge is 0.259 e. The number of amides is 1. The van der Waals surface area contributed by atoms with Crippen LogP contribution >= 0.6 is 0 Å². The fourth-order valence-electron chi connectivity index (χ4n) is 3.92. The molecule has 4 rings (SSSR count). The molecule has 0 saturated carbocycles. The number of methoxy groups -OCH3 is 1. The van der Waals surface area contributed by atoms with Crippen LogP contribution < -0.4 is 14.8 Å². The van der Waals surface area contributed by atoms with Crippen molar-refractivity contribution in [3.8, 4) is 17.2 Å². The Bertz CT molecular complexity index is 1240. The highest BCUT2D eigenvalue weighted by Gasteiger charge is 2.27. The minimum Gasteiger partial charge on any atom is -0.496 e. The van der Waals surface area contributed by atoms with Gasteiger partial charge in [0.15, 0.2) is 5.75 Å². The molecule has 0 aromatic heterocycles. The zero-order valence-corrected chi connectivity index (χ0v) is 19.9. The van der Waals surface area contributed by atoms with Gasteiger partial charge in [0.1, 0.15) is 11.5 Å². The maximum atomic E-state index is 13.3. The minimum atomic E-state index is -3.71. The van der Waals surface area contributed by atoms with Gasteiger partial charge in [0.25, 0.3) is 5.91 Å². The van der Waals surface area contributed by atoms with Crippen LogP contribution in [0.3, 0.4) is 0 Å². The van der Waals surface area contributed by atoms with Crippen molar-refractivity contribution in [3.63, 3.8) is 0 Å². The van der Waals surface area contributed by atoms with E-state index in [9.17, 15) is 13.2 Å². The second-order valence-electron chi connectivity index (χ2n) is 8.05. The second-order valence-corrected chi connectivity index (χ2v) is 9.98. The molecule has 3 aromatic rings. The number of nitrogens with zero attached hydrogens (tertiary/aromatic N) is 1. The highest BCUT2D eigenvalue weighted by Crippen LogP contribution is 2.31. The lowest BCUT2D eigenvalue weighted by Crippen LogP contribution is -2.32. The number of carbonyl (C=O) groups excluding carboxylic acids is 1. The van der Waals surface area contributed by atoms with Gasteiger partial charge in [-0.2, -0.15) is 4.31 Å². The normalized spacial score (nSPS) is 14.7. The molecule has 178 valence electrons. The maximum Gasteiger partial charge on any atom is 0.259 e. The van der Waals surface area contributed by atoms with Crippen molar-refractivity contribution in [2.24, 2.45) is 0 Å². The van der Waals surface area contributed by atoms with E-state index in [1.165, 1.54) is 29.6 Å². The first kappa shape index (κ1) is 23.8. The lowest BCUT2D eigenvalue weighted by molar-refractivity contribution is 0.102. The molecule has 3 aromatic carbocycles. The van der Waals surface area contributed by atoms with Gasteiger partial charge in [0.05, 0.1) is 23.3 Å². The molecule has 1 heterocycles. The molecule has 0 bridgehead atoms. The molecule has 1 aliphatic rings. The van der Waals surface area contributed by atoms with Crippen LogP contribution in [0.2, 0.25) is 0 Å². The van der Waals surface area contributed by atoms with Crippen LogP contribution in [0, 0.1) is 0 Å². The van der Waals surface area contributed by atoms with Crippen LogP contribution in [0.4, 0.5) is 5.69 Å².